The van der Waals surface area contributed by atoms with E-state index in [0.29, 0.717) is 37.9 Å². The summed E-state index contributed by atoms with van der Waals surface area (Å²) in [4.78, 5) is 32.1. The zero-order chi connectivity index (χ0) is 25.6. The Bertz CT molecular complexity index is 1560. The number of aryl methyl sites for hydroxylation is 1. The number of methoxy groups -OCH3 is 1. The maximum atomic E-state index is 13.8. The SMILES string of the molecule is COc1ccc(C2C(C(=O)OC(C)C)=C(C)N=c3s/c(=C\c4cc5c(cc4C)OCO5)c(=O)n32)cc1. The number of thiazole rings is 1. The molecule has 1 unspecified atom stereocenters. The second kappa shape index (κ2) is 9.31. The van der Waals surface area contributed by atoms with Crippen LogP contribution >= 0.6 is 11.3 Å². The van der Waals surface area contributed by atoms with Crippen molar-refractivity contribution in [1.29, 1.82) is 0 Å². The lowest BCUT2D eigenvalue weighted by Crippen LogP contribution is -2.40. The highest BCUT2D eigenvalue weighted by Gasteiger charge is 2.33. The minimum absolute atomic E-state index is 0.177. The van der Waals surface area contributed by atoms with Crippen LogP contribution in [0.25, 0.3) is 6.08 Å². The second-order valence-electron chi connectivity index (χ2n) is 8.87. The summed E-state index contributed by atoms with van der Waals surface area (Å²) >= 11 is 1.28. The fourth-order valence-corrected chi connectivity index (χ4v) is 5.36. The number of nitrogens with zero attached hydrogens (tertiary/aromatic N) is 2. The molecule has 3 heterocycles. The molecule has 0 bridgehead atoms. The van der Waals surface area contributed by atoms with Crippen molar-refractivity contribution in [2.45, 2.75) is 39.8 Å². The molecule has 0 radical (unpaired) electrons. The van der Waals surface area contributed by atoms with Crippen LogP contribution in [0.1, 0.15) is 43.5 Å². The summed E-state index contributed by atoms with van der Waals surface area (Å²) in [6, 6.07) is 10.4. The third-order valence-corrected chi connectivity index (χ3v) is 7.05. The Morgan fingerprint density at radius 3 is 2.53 bits per heavy atom. The standard InChI is InChI=1S/C27H26N2O6S/c1-14(2)35-26(31)23-16(4)28-27-29(24(23)17-6-8-19(32-5)9-7-17)25(30)22(36-27)12-18-11-21-20(10-15(18)3)33-13-34-21/h6-12,14,24H,13H2,1-5H3/b22-12-. The minimum atomic E-state index is -0.682. The molecule has 8 nitrogen and oxygen atoms in total. The van der Waals surface area contributed by atoms with Crippen molar-refractivity contribution in [3.05, 3.63) is 84.0 Å². The summed E-state index contributed by atoms with van der Waals surface area (Å²) in [7, 11) is 1.59. The van der Waals surface area contributed by atoms with E-state index in [1.54, 1.807) is 32.4 Å². The van der Waals surface area contributed by atoms with E-state index in [0.717, 1.165) is 16.7 Å². The predicted molar refractivity (Wildman–Crippen MR) is 135 cm³/mol. The first-order chi connectivity index (χ1) is 17.3. The largest absolute Gasteiger partial charge is 0.497 e. The summed E-state index contributed by atoms with van der Waals surface area (Å²) < 4.78 is 23.9. The molecule has 0 saturated heterocycles. The molecule has 3 aromatic rings. The Balaban J connectivity index is 1.69. The topological polar surface area (TPSA) is 88.4 Å². The molecule has 0 N–H and O–H groups in total. The van der Waals surface area contributed by atoms with E-state index in [-0.39, 0.29) is 18.5 Å². The maximum absolute atomic E-state index is 13.8. The smallest absolute Gasteiger partial charge is 0.338 e. The van der Waals surface area contributed by atoms with Gasteiger partial charge in [-0.15, -0.1) is 0 Å². The number of rotatable bonds is 5. The van der Waals surface area contributed by atoms with Gasteiger partial charge in [0.2, 0.25) is 6.79 Å². The Morgan fingerprint density at radius 2 is 1.86 bits per heavy atom. The Labute approximate surface area is 211 Å². The molecule has 0 saturated carbocycles. The van der Waals surface area contributed by atoms with Crippen molar-refractivity contribution >= 4 is 23.4 Å². The minimum Gasteiger partial charge on any atom is -0.497 e. The molecule has 186 valence electrons. The van der Waals surface area contributed by atoms with Gasteiger partial charge in [-0.3, -0.25) is 9.36 Å². The third-order valence-electron chi connectivity index (χ3n) is 6.06. The van der Waals surface area contributed by atoms with Crippen molar-refractivity contribution in [2.75, 3.05) is 13.9 Å². The number of fused-ring (bicyclic) bond motifs is 2. The molecule has 2 aliphatic heterocycles. The zero-order valence-electron chi connectivity index (χ0n) is 20.7. The van der Waals surface area contributed by atoms with Gasteiger partial charge in [-0.05, 0) is 74.7 Å². The van der Waals surface area contributed by atoms with E-state index in [4.69, 9.17) is 18.9 Å². The van der Waals surface area contributed by atoms with Crippen LogP contribution in [0.4, 0.5) is 0 Å². The van der Waals surface area contributed by atoms with Crippen molar-refractivity contribution in [2.24, 2.45) is 4.99 Å². The molecular weight excluding hydrogens is 480 g/mol. The van der Waals surface area contributed by atoms with E-state index >= 15 is 0 Å². The number of benzene rings is 2. The maximum Gasteiger partial charge on any atom is 0.338 e. The van der Waals surface area contributed by atoms with Crippen LogP contribution in [-0.2, 0) is 9.53 Å². The highest BCUT2D eigenvalue weighted by atomic mass is 32.1. The monoisotopic (exact) mass is 506 g/mol. The van der Waals surface area contributed by atoms with Gasteiger partial charge in [0.15, 0.2) is 16.3 Å². The molecular formula is C27H26N2O6S. The quantitative estimate of drug-likeness (QED) is 0.494. The molecule has 5 rings (SSSR count). The molecule has 36 heavy (non-hydrogen) atoms. The van der Waals surface area contributed by atoms with Gasteiger partial charge in [0.1, 0.15) is 5.75 Å². The van der Waals surface area contributed by atoms with Gasteiger partial charge < -0.3 is 18.9 Å². The summed E-state index contributed by atoms with van der Waals surface area (Å²) in [5, 5.41) is 0. The molecule has 2 aliphatic rings. The lowest BCUT2D eigenvalue weighted by molar-refractivity contribution is -0.143. The van der Waals surface area contributed by atoms with Crippen LogP contribution < -0.4 is 29.1 Å². The van der Waals surface area contributed by atoms with Gasteiger partial charge in [0.05, 0.1) is 35.1 Å². The van der Waals surface area contributed by atoms with E-state index in [1.165, 1.54) is 11.3 Å². The predicted octanol–water partition coefficient (Wildman–Crippen LogP) is 3.23. The van der Waals surface area contributed by atoms with Gasteiger partial charge in [0.25, 0.3) is 5.56 Å². The van der Waals surface area contributed by atoms with E-state index in [9.17, 15) is 9.59 Å². The first-order valence-electron chi connectivity index (χ1n) is 11.5. The normalized spacial score (nSPS) is 16.7. The van der Waals surface area contributed by atoms with Gasteiger partial charge in [-0.25, -0.2) is 9.79 Å². The molecule has 1 atom stereocenters. The van der Waals surface area contributed by atoms with Gasteiger partial charge in [-0.1, -0.05) is 23.5 Å². The molecule has 0 aliphatic carbocycles. The summed E-state index contributed by atoms with van der Waals surface area (Å²) in [6.45, 7) is 7.48. The van der Waals surface area contributed by atoms with E-state index in [1.807, 2.05) is 49.4 Å². The number of hydrogen-bond acceptors (Lipinski definition) is 8. The lowest BCUT2D eigenvalue weighted by Gasteiger charge is -2.25. The summed E-state index contributed by atoms with van der Waals surface area (Å²) in [5.74, 6) is 1.52. The van der Waals surface area contributed by atoms with E-state index in [2.05, 4.69) is 4.99 Å². The van der Waals surface area contributed by atoms with Crippen molar-refractivity contribution in [1.82, 2.24) is 4.57 Å². The summed E-state index contributed by atoms with van der Waals surface area (Å²) in [6.07, 6.45) is 1.52. The number of carbonyl (C=O) groups is 1. The van der Waals surface area contributed by atoms with Crippen LogP contribution in [-0.4, -0.2) is 30.5 Å². The fourth-order valence-electron chi connectivity index (χ4n) is 4.32. The van der Waals surface area contributed by atoms with Crippen LogP contribution in [0.3, 0.4) is 0 Å². The average molecular weight is 507 g/mol. The second-order valence-corrected chi connectivity index (χ2v) is 9.88. The van der Waals surface area contributed by atoms with Crippen LogP contribution in [0.2, 0.25) is 0 Å². The van der Waals surface area contributed by atoms with Crippen molar-refractivity contribution in [3.8, 4) is 17.2 Å². The number of carbonyl (C=O) groups excluding carboxylic acids is 1. The Kier molecular flexibility index (Phi) is 6.17. The number of aromatic nitrogens is 1. The Morgan fingerprint density at radius 1 is 1.17 bits per heavy atom. The van der Waals surface area contributed by atoms with Gasteiger partial charge >= 0.3 is 5.97 Å². The highest BCUT2D eigenvalue weighted by molar-refractivity contribution is 7.07. The number of allylic oxidation sites excluding steroid dienone is 1. The molecule has 9 heteroatoms. The van der Waals surface area contributed by atoms with Crippen molar-refractivity contribution < 1.29 is 23.7 Å². The number of esters is 1. The van der Waals surface area contributed by atoms with E-state index < -0.39 is 12.0 Å². The zero-order valence-corrected chi connectivity index (χ0v) is 21.5. The molecule has 2 aromatic carbocycles. The molecule has 0 fully saturated rings. The first-order valence-corrected chi connectivity index (χ1v) is 12.4. The summed E-state index contributed by atoms with van der Waals surface area (Å²) in [5.41, 5.74) is 3.18. The number of hydrogen-bond donors (Lipinski definition) is 0. The van der Waals surface area contributed by atoms with Crippen LogP contribution in [0.5, 0.6) is 17.2 Å². The van der Waals surface area contributed by atoms with Crippen LogP contribution in [0, 0.1) is 6.92 Å². The first kappa shape index (κ1) is 23.9. The van der Waals surface area contributed by atoms with Crippen LogP contribution in [0.15, 0.2) is 57.5 Å². The third kappa shape index (κ3) is 4.19. The molecule has 0 amide bonds. The van der Waals surface area contributed by atoms with Gasteiger partial charge in [-0.2, -0.15) is 0 Å². The molecule has 0 spiro atoms. The van der Waals surface area contributed by atoms with Gasteiger partial charge in [0, 0.05) is 0 Å². The van der Waals surface area contributed by atoms with Crippen molar-refractivity contribution in [3.63, 3.8) is 0 Å². The lowest BCUT2D eigenvalue weighted by atomic mass is 9.96. The fraction of sp³-hybridized carbons (Fsp3) is 0.296. The average Bonchev–Trinajstić information content (AvgIpc) is 3.41. The number of ether oxygens (including phenoxy) is 4. The highest BCUT2D eigenvalue weighted by Crippen LogP contribution is 2.35. The Hall–Kier alpha value is -3.85. The molecule has 1 aromatic heterocycles.